The first kappa shape index (κ1) is 23.1. The molecule has 2 unspecified atom stereocenters. The van der Waals surface area contributed by atoms with Gasteiger partial charge in [0.2, 0.25) is 0 Å². The van der Waals surface area contributed by atoms with Gasteiger partial charge in [0.05, 0.1) is 5.57 Å². The number of hydrogen-bond donors (Lipinski definition) is 1. The molecule has 0 spiro atoms. The molecule has 2 aromatic rings. The summed E-state index contributed by atoms with van der Waals surface area (Å²) in [5.41, 5.74) is 5.10. The Morgan fingerprint density at radius 1 is 0.971 bits per heavy atom. The lowest BCUT2D eigenvalue weighted by Crippen LogP contribution is -2.37. The summed E-state index contributed by atoms with van der Waals surface area (Å²) < 4.78 is 6.93. The molecule has 1 heterocycles. The number of esters is 1. The zero-order chi connectivity index (χ0) is 23.7. The third-order valence-electron chi connectivity index (χ3n) is 7.33. The first-order chi connectivity index (χ1) is 16.5. The molecular weight excluding hydrogens is 490 g/mol. The minimum absolute atomic E-state index is 0.0374. The third-order valence-corrected chi connectivity index (χ3v) is 7.82. The molecule has 3 aliphatic rings. The number of carbonyl (C=O) groups excluding carboxylic acids is 2. The summed E-state index contributed by atoms with van der Waals surface area (Å²) >= 11 is 3.57. The molecule has 0 amide bonds. The van der Waals surface area contributed by atoms with E-state index < -0.39 is 5.92 Å². The van der Waals surface area contributed by atoms with E-state index in [0.717, 1.165) is 53.5 Å². The Morgan fingerprint density at radius 2 is 1.71 bits per heavy atom. The van der Waals surface area contributed by atoms with Crippen molar-refractivity contribution in [1.29, 1.82) is 0 Å². The van der Waals surface area contributed by atoms with Crippen molar-refractivity contribution in [3.8, 4) is 0 Å². The summed E-state index contributed by atoms with van der Waals surface area (Å²) in [7, 11) is 0. The lowest BCUT2D eigenvalue weighted by atomic mass is 9.71. The predicted octanol–water partition coefficient (Wildman–Crippen LogP) is 6.69. The molecule has 1 saturated carbocycles. The fourth-order valence-corrected chi connectivity index (χ4v) is 6.10. The van der Waals surface area contributed by atoms with Crippen LogP contribution in [0.5, 0.6) is 0 Å². The Kier molecular flexibility index (Phi) is 6.73. The molecule has 1 aliphatic heterocycles. The zero-order valence-corrected chi connectivity index (χ0v) is 21.1. The first-order valence-electron chi connectivity index (χ1n) is 12.3. The summed E-state index contributed by atoms with van der Waals surface area (Å²) in [5, 5.41) is 3.46. The second kappa shape index (κ2) is 9.91. The van der Waals surface area contributed by atoms with Crippen molar-refractivity contribution in [3.63, 3.8) is 0 Å². The van der Waals surface area contributed by atoms with Gasteiger partial charge in [-0.25, -0.2) is 4.79 Å². The van der Waals surface area contributed by atoms with Gasteiger partial charge in [-0.15, -0.1) is 0 Å². The van der Waals surface area contributed by atoms with Crippen molar-refractivity contribution in [1.82, 2.24) is 5.32 Å². The van der Waals surface area contributed by atoms with E-state index in [9.17, 15) is 9.59 Å². The SMILES string of the molecule is CC1=C(C(=O)OC2CCCCC2)C(c2cccc(Br)c2)C2=C(CC(c3ccccc3)CC2=O)N1. The van der Waals surface area contributed by atoms with Crippen LogP contribution in [0.15, 0.2) is 81.6 Å². The number of nitrogens with one attached hydrogen (secondary N) is 1. The molecule has 34 heavy (non-hydrogen) atoms. The van der Waals surface area contributed by atoms with Gasteiger partial charge in [-0.3, -0.25) is 4.79 Å². The number of hydrogen-bond acceptors (Lipinski definition) is 4. The number of ether oxygens (including phenoxy) is 1. The maximum atomic E-state index is 13.7. The first-order valence-corrected chi connectivity index (χ1v) is 13.1. The average molecular weight is 520 g/mol. The quantitative estimate of drug-likeness (QED) is 0.457. The number of ketones is 1. The van der Waals surface area contributed by atoms with E-state index in [4.69, 9.17) is 4.74 Å². The highest BCUT2D eigenvalue weighted by molar-refractivity contribution is 9.10. The number of allylic oxidation sites excluding steroid dienone is 3. The van der Waals surface area contributed by atoms with E-state index >= 15 is 0 Å². The van der Waals surface area contributed by atoms with Crippen molar-refractivity contribution < 1.29 is 14.3 Å². The number of carbonyl (C=O) groups is 2. The normalized spacial score (nSPS) is 23.4. The van der Waals surface area contributed by atoms with E-state index in [1.807, 2.05) is 49.4 Å². The average Bonchev–Trinajstić information content (AvgIpc) is 2.84. The molecule has 4 nitrogen and oxygen atoms in total. The molecule has 1 N–H and O–H groups in total. The molecule has 0 aromatic heterocycles. The summed E-state index contributed by atoms with van der Waals surface area (Å²) in [6.45, 7) is 1.93. The Hall–Kier alpha value is -2.66. The van der Waals surface area contributed by atoms with E-state index in [1.54, 1.807) is 0 Å². The molecule has 1 fully saturated rings. The molecule has 2 aromatic carbocycles. The minimum atomic E-state index is -0.422. The highest BCUT2D eigenvalue weighted by atomic mass is 79.9. The van der Waals surface area contributed by atoms with E-state index in [-0.39, 0.29) is 23.8 Å². The van der Waals surface area contributed by atoms with Crippen LogP contribution in [0, 0.1) is 0 Å². The Morgan fingerprint density at radius 3 is 2.44 bits per heavy atom. The fraction of sp³-hybridized carbons (Fsp3) is 0.379. The fourth-order valence-electron chi connectivity index (χ4n) is 5.69. The summed E-state index contributed by atoms with van der Waals surface area (Å²) in [4.78, 5) is 27.2. The zero-order valence-electron chi connectivity index (χ0n) is 19.5. The molecular formula is C29H30BrNO3. The smallest absolute Gasteiger partial charge is 0.337 e. The number of rotatable bonds is 4. The highest BCUT2D eigenvalue weighted by Crippen LogP contribution is 2.46. The van der Waals surface area contributed by atoms with Crippen LogP contribution in [-0.2, 0) is 14.3 Å². The second-order valence-electron chi connectivity index (χ2n) is 9.65. The van der Waals surface area contributed by atoms with Crippen molar-refractivity contribution in [2.24, 2.45) is 0 Å². The highest BCUT2D eigenvalue weighted by Gasteiger charge is 2.42. The van der Waals surface area contributed by atoms with Crippen LogP contribution in [0.3, 0.4) is 0 Å². The standard InChI is InChI=1S/C29H30BrNO3/c1-18-26(29(33)34-23-13-6-3-7-14-23)27(20-11-8-12-22(30)15-20)28-24(31-18)16-21(17-25(28)32)19-9-4-2-5-10-19/h2,4-5,8-12,15,21,23,27,31H,3,6-7,13-14,16-17H2,1H3. The molecule has 5 heteroatoms. The van der Waals surface area contributed by atoms with Gasteiger partial charge in [0.1, 0.15) is 6.10 Å². The van der Waals surface area contributed by atoms with E-state index in [0.29, 0.717) is 17.6 Å². The number of benzene rings is 2. The van der Waals surface area contributed by atoms with Gasteiger partial charge in [-0.2, -0.15) is 0 Å². The molecule has 2 atom stereocenters. The minimum Gasteiger partial charge on any atom is -0.459 e. The van der Waals surface area contributed by atoms with Crippen LogP contribution in [-0.4, -0.2) is 17.9 Å². The summed E-state index contributed by atoms with van der Waals surface area (Å²) in [6, 6.07) is 18.2. The van der Waals surface area contributed by atoms with Gasteiger partial charge >= 0.3 is 5.97 Å². The lowest BCUT2D eigenvalue weighted by Gasteiger charge is -2.37. The van der Waals surface area contributed by atoms with Gasteiger partial charge < -0.3 is 10.1 Å². The maximum absolute atomic E-state index is 13.7. The van der Waals surface area contributed by atoms with Crippen LogP contribution in [0.1, 0.15) is 74.8 Å². The molecule has 2 aliphatic carbocycles. The molecule has 0 bridgehead atoms. The molecule has 176 valence electrons. The largest absolute Gasteiger partial charge is 0.459 e. The summed E-state index contributed by atoms with van der Waals surface area (Å²) in [5.74, 6) is -0.491. The van der Waals surface area contributed by atoms with E-state index in [2.05, 4.69) is 33.4 Å². The van der Waals surface area contributed by atoms with E-state index in [1.165, 1.54) is 12.0 Å². The van der Waals surface area contributed by atoms with Gasteiger partial charge in [0.15, 0.2) is 5.78 Å². The Bertz CT molecular complexity index is 1160. The second-order valence-corrected chi connectivity index (χ2v) is 10.6. The molecule has 5 rings (SSSR count). The summed E-state index contributed by atoms with van der Waals surface area (Å²) in [6.07, 6.45) is 6.37. The van der Waals surface area contributed by atoms with Gasteiger partial charge in [0, 0.05) is 33.8 Å². The Balaban J connectivity index is 1.53. The number of Topliss-reactive ketones (excluding diaryl/α,β-unsaturated/α-hetero) is 1. The predicted molar refractivity (Wildman–Crippen MR) is 136 cm³/mol. The monoisotopic (exact) mass is 519 g/mol. The van der Waals surface area contributed by atoms with Gasteiger partial charge in [-0.1, -0.05) is 64.8 Å². The topological polar surface area (TPSA) is 55.4 Å². The van der Waals surface area contributed by atoms with Crippen molar-refractivity contribution >= 4 is 27.7 Å². The number of dihydropyridines is 1. The van der Waals surface area contributed by atoms with Crippen LogP contribution < -0.4 is 5.32 Å². The van der Waals surface area contributed by atoms with Crippen LogP contribution in [0.25, 0.3) is 0 Å². The molecule has 0 radical (unpaired) electrons. The number of halogens is 1. The van der Waals surface area contributed by atoms with Crippen molar-refractivity contribution in [2.75, 3.05) is 0 Å². The van der Waals surface area contributed by atoms with Crippen LogP contribution >= 0.6 is 15.9 Å². The lowest BCUT2D eigenvalue weighted by molar-refractivity contribution is -0.146. The third kappa shape index (κ3) is 4.63. The van der Waals surface area contributed by atoms with Crippen molar-refractivity contribution in [3.05, 3.63) is 92.7 Å². The Labute approximate surface area is 209 Å². The van der Waals surface area contributed by atoms with Gasteiger partial charge in [-0.05, 0) is 68.2 Å². The molecule has 0 saturated heterocycles. The van der Waals surface area contributed by atoms with Crippen LogP contribution in [0.2, 0.25) is 0 Å². The van der Waals surface area contributed by atoms with Gasteiger partial charge in [0.25, 0.3) is 0 Å². The van der Waals surface area contributed by atoms with Crippen LogP contribution in [0.4, 0.5) is 0 Å². The maximum Gasteiger partial charge on any atom is 0.337 e. The van der Waals surface area contributed by atoms with Crippen molar-refractivity contribution in [2.45, 2.75) is 69.8 Å².